The van der Waals surface area contributed by atoms with Gasteiger partial charge in [0, 0.05) is 18.7 Å². The molecule has 1 aromatic heterocycles. The zero-order chi connectivity index (χ0) is 10.8. The Morgan fingerprint density at radius 1 is 1.60 bits per heavy atom. The maximum atomic E-state index is 11.6. The fraction of sp³-hybridized carbons (Fsp3) is 0.636. The van der Waals surface area contributed by atoms with Crippen molar-refractivity contribution >= 4 is 5.69 Å². The third-order valence-corrected chi connectivity index (χ3v) is 2.36. The monoisotopic (exact) mass is 207 g/mol. The average Bonchev–Trinajstić information content (AvgIpc) is 2.93. The Morgan fingerprint density at radius 3 is 2.87 bits per heavy atom. The van der Waals surface area contributed by atoms with Crippen molar-refractivity contribution in [3.63, 3.8) is 0 Å². The molecule has 1 fully saturated rings. The van der Waals surface area contributed by atoms with Gasteiger partial charge in [-0.05, 0) is 18.8 Å². The Labute approximate surface area is 89.3 Å². The van der Waals surface area contributed by atoms with Crippen molar-refractivity contribution in [2.75, 3.05) is 5.32 Å². The second kappa shape index (κ2) is 4.04. The smallest absolute Gasteiger partial charge is 0.268 e. The van der Waals surface area contributed by atoms with E-state index >= 15 is 0 Å². The number of aromatic nitrogens is 2. The summed E-state index contributed by atoms with van der Waals surface area (Å²) in [5.41, 5.74) is 0.830. The first-order chi connectivity index (χ1) is 7.15. The molecular formula is C11H17N3O. The molecule has 1 aliphatic carbocycles. The summed E-state index contributed by atoms with van der Waals surface area (Å²) in [7, 11) is 0. The van der Waals surface area contributed by atoms with Gasteiger partial charge in [-0.1, -0.05) is 13.8 Å². The fourth-order valence-electron chi connectivity index (χ4n) is 1.46. The van der Waals surface area contributed by atoms with Gasteiger partial charge in [0.15, 0.2) is 0 Å². The van der Waals surface area contributed by atoms with E-state index in [4.69, 9.17) is 0 Å². The van der Waals surface area contributed by atoms with Gasteiger partial charge >= 0.3 is 0 Å². The Bertz CT molecular complexity index is 393. The summed E-state index contributed by atoms with van der Waals surface area (Å²) in [5, 5.41) is 7.40. The van der Waals surface area contributed by atoms with E-state index in [9.17, 15) is 4.79 Å². The van der Waals surface area contributed by atoms with E-state index in [2.05, 4.69) is 24.3 Å². The highest BCUT2D eigenvalue weighted by Gasteiger charge is 2.20. The van der Waals surface area contributed by atoms with Crippen molar-refractivity contribution in [3.05, 3.63) is 22.6 Å². The van der Waals surface area contributed by atoms with Crippen LogP contribution in [0.3, 0.4) is 0 Å². The normalized spacial score (nSPS) is 15.7. The van der Waals surface area contributed by atoms with Crippen molar-refractivity contribution < 1.29 is 0 Å². The standard InChI is InChI=1S/C11H17N3O/c1-8(2)7-14-11(15)5-10(6-12-14)13-9-3-4-9/h5-6,8-9,13H,3-4,7H2,1-2H3. The number of anilines is 1. The van der Waals surface area contributed by atoms with Gasteiger partial charge in [0.25, 0.3) is 5.56 Å². The SMILES string of the molecule is CC(C)Cn1ncc(NC2CC2)cc1=O. The van der Waals surface area contributed by atoms with E-state index in [-0.39, 0.29) is 5.56 Å². The summed E-state index contributed by atoms with van der Waals surface area (Å²) in [6.07, 6.45) is 4.15. The number of rotatable bonds is 4. The first-order valence-corrected chi connectivity index (χ1v) is 5.49. The number of nitrogens with one attached hydrogen (secondary N) is 1. The summed E-state index contributed by atoms with van der Waals surface area (Å²) in [5.74, 6) is 0.442. The number of hydrogen-bond acceptors (Lipinski definition) is 3. The first-order valence-electron chi connectivity index (χ1n) is 5.49. The van der Waals surface area contributed by atoms with Crippen LogP contribution in [0, 0.1) is 5.92 Å². The quantitative estimate of drug-likeness (QED) is 0.813. The molecule has 0 saturated heterocycles. The van der Waals surface area contributed by atoms with Crippen LogP contribution < -0.4 is 10.9 Å². The van der Waals surface area contributed by atoms with Gasteiger partial charge in [-0.3, -0.25) is 4.79 Å². The summed E-state index contributed by atoms with van der Waals surface area (Å²) >= 11 is 0. The second-order valence-electron chi connectivity index (χ2n) is 4.58. The third kappa shape index (κ3) is 2.81. The van der Waals surface area contributed by atoms with Crippen LogP contribution >= 0.6 is 0 Å². The highest BCUT2D eigenvalue weighted by atomic mass is 16.1. The van der Waals surface area contributed by atoms with E-state index in [1.165, 1.54) is 17.5 Å². The lowest BCUT2D eigenvalue weighted by Gasteiger charge is -2.08. The molecule has 15 heavy (non-hydrogen) atoms. The Balaban J connectivity index is 2.10. The summed E-state index contributed by atoms with van der Waals surface area (Å²) in [6, 6.07) is 2.19. The Kier molecular flexibility index (Phi) is 2.75. The molecule has 0 unspecified atom stereocenters. The molecule has 1 aromatic rings. The van der Waals surface area contributed by atoms with Gasteiger partial charge in [-0.2, -0.15) is 5.10 Å². The molecule has 0 bridgehead atoms. The minimum absolute atomic E-state index is 0.0191. The zero-order valence-corrected chi connectivity index (χ0v) is 9.23. The highest BCUT2D eigenvalue weighted by molar-refractivity contribution is 5.41. The van der Waals surface area contributed by atoms with Crippen LogP contribution in [0.2, 0.25) is 0 Å². The predicted octanol–water partition coefficient (Wildman–Crippen LogP) is 1.47. The highest BCUT2D eigenvalue weighted by Crippen LogP contribution is 2.23. The minimum atomic E-state index is -0.0191. The summed E-state index contributed by atoms with van der Waals surface area (Å²) in [6.45, 7) is 4.83. The molecule has 0 amide bonds. The van der Waals surface area contributed by atoms with Crippen LogP contribution in [0.15, 0.2) is 17.1 Å². The summed E-state index contributed by atoms with van der Waals surface area (Å²) < 4.78 is 1.52. The molecule has 82 valence electrons. The van der Waals surface area contributed by atoms with Crippen LogP contribution in [-0.4, -0.2) is 15.8 Å². The van der Waals surface area contributed by atoms with Crippen molar-refractivity contribution in [2.45, 2.75) is 39.3 Å². The molecular weight excluding hydrogens is 190 g/mol. The van der Waals surface area contributed by atoms with E-state index in [1.807, 2.05) is 0 Å². The molecule has 1 N–H and O–H groups in total. The van der Waals surface area contributed by atoms with Crippen molar-refractivity contribution in [2.24, 2.45) is 5.92 Å². The maximum Gasteiger partial charge on any atom is 0.268 e. The molecule has 1 saturated carbocycles. The molecule has 0 atom stereocenters. The first kappa shape index (κ1) is 10.2. The number of nitrogens with zero attached hydrogens (tertiary/aromatic N) is 2. The molecule has 0 radical (unpaired) electrons. The van der Waals surface area contributed by atoms with E-state index in [1.54, 1.807) is 12.3 Å². The van der Waals surface area contributed by atoms with Crippen molar-refractivity contribution in [1.82, 2.24) is 9.78 Å². The molecule has 1 heterocycles. The lowest BCUT2D eigenvalue weighted by molar-refractivity contribution is 0.464. The van der Waals surface area contributed by atoms with Gasteiger partial charge in [-0.15, -0.1) is 0 Å². The van der Waals surface area contributed by atoms with Gasteiger partial charge in [0.1, 0.15) is 0 Å². The van der Waals surface area contributed by atoms with Crippen LogP contribution in [0.1, 0.15) is 26.7 Å². The fourth-order valence-corrected chi connectivity index (χ4v) is 1.46. The van der Waals surface area contributed by atoms with Crippen LogP contribution in [0.5, 0.6) is 0 Å². The van der Waals surface area contributed by atoms with Crippen molar-refractivity contribution in [1.29, 1.82) is 0 Å². The lowest BCUT2D eigenvalue weighted by atomic mass is 10.2. The Hall–Kier alpha value is -1.32. The van der Waals surface area contributed by atoms with Crippen molar-refractivity contribution in [3.8, 4) is 0 Å². The largest absolute Gasteiger partial charge is 0.381 e. The lowest BCUT2D eigenvalue weighted by Crippen LogP contribution is -2.24. The predicted molar refractivity (Wildman–Crippen MR) is 60.0 cm³/mol. The molecule has 1 aliphatic rings. The maximum absolute atomic E-state index is 11.6. The molecule has 0 aliphatic heterocycles. The van der Waals surface area contributed by atoms with Gasteiger partial charge < -0.3 is 5.32 Å². The molecule has 0 spiro atoms. The zero-order valence-electron chi connectivity index (χ0n) is 9.23. The van der Waals surface area contributed by atoms with Gasteiger partial charge in [-0.25, -0.2) is 4.68 Å². The van der Waals surface area contributed by atoms with Gasteiger partial charge in [0.2, 0.25) is 0 Å². The van der Waals surface area contributed by atoms with Gasteiger partial charge in [0.05, 0.1) is 11.9 Å². The van der Waals surface area contributed by atoms with E-state index in [0.29, 0.717) is 18.5 Å². The minimum Gasteiger partial charge on any atom is -0.381 e. The second-order valence-corrected chi connectivity index (χ2v) is 4.58. The molecule has 4 nitrogen and oxygen atoms in total. The number of hydrogen-bond donors (Lipinski definition) is 1. The van der Waals surface area contributed by atoms with E-state index < -0.39 is 0 Å². The summed E-state index contributed by atoms with van der Waals surface area (Å²) in [4.78, 5) is 11.6. The van der Waals surface area contributed by atoms with Crippen LogP contribution in [0.4, 0.5) is 5.69 Å². The Morgan fingerprint density at radius 2 is 2.33 bits per heavy atom. The third-order valence-electron chi connectivity index (χ3n) is 2.36. The van der Waals surface area contributed by atoms with E-state index in [0.717, 1.165) is 5.69 Å². The molecule has 0 aromatic carbocycles. The molecule has 2 rings (SSSR count). The average molecular weight is 207 g/mol. The van der Waals surface area contributed by atoms with Crippen LogP contribution in [0.25, 0.3) is 0 Å². The van der Waals surface area contributed by atoms with Crippen LogP contribution in [-0.2, 0) is 6.54 Å². The molecule has 4 heteroatoms. The topological polar surface area (TPSA) is 46.9 Å².